The van der Waals surface area contributed by atoms with Crippen molar-refractivity contribution in [1.29, 1.82) is 0 Å². The fraction of sp³-hybridized carbons (Fsp3) is 0.538. The second-order valence-electron chi connectivity index (χ2n) is 4.74. The van der Waals surface area contributed by atoms with Gasteiger partial charge in [-0.1, -0.05) is 17.7 Å². The largest absolute Gasteiger partial charge is 0.479 e. The first-order chi connectivity index (χ1) is 8.06. The number of morpholine rings is 1. The number of rotatable bonds is 2. The molecular weight excluding hydrogens is 218 g/mol. The minimum atomic E-state index is -0.883. The summed E-state index contributed by atoms with van der Waals surface area (Å²) in [5.41, 5.74) is 2.29. The van der Waals surface area contributed by atoms with Gasteiger partial charge in [0.15, 0.2) is 6.10 Å². The van der Waals surface area contributed by atoms with E-state index in [1.165, 1.54) is 5.57 Å². The average molecular weight is 236 g/mol. The van der Waals surface area contributed by atoms with Crippen LogP contribution in [-0.4, -0.2) is 48.3 Å². The Bertz CT molecular complexity index is 373. The number of carbonyl (C=O) groups is 1. The van der Waals surface area contributed by atoms with Crippen molar-refractivity contribution in [3.63, 3.8) is 0 Å². The van der Waals surface area contributed by atoms with Gasteiger partial charge in [-0.3, -0.25) is 0 Å². The van der Waals surface area contributed by atoms with E-state index in [0.717, 1.165) is 25.0 Å². The molecule has 2 unspecified atom stereocenters. The molecule has 0 saturated carbocycles. The Morgan fingerprint density at radius 3 is 2.82 bits per heavy atom. The van der Waals surface area contributed by atoms with Crippen LogP contribution < -0.4 is 0 Å². The van der Waals surface area contributed by atoms with Crippen LogP contribution in [0.4, 0.5) is 0 Å². The lowest BCUT2D eigenvalue weighted by molar-refractivity contribution is -0.160. The van der Waals surface area contributed by atoms with Crippen molar-refractivity contribution in [2.24, 2.45) is 0 Å². The fourth-order valence-electron chi connectivity index (χ4n) is 2.23. The predicted molar refractivity (Wildman–Crippen MR) is 64.6 cm³/mol. The zero-order chi connectivity index (χ0) is 12.4. The highest BCUT2D eigenvalue weighted by molar-refractivity contribution is 5.72. The van der Waals surface area contributed by atoms with Crippen molar-refractivity contribution in [2.75, 3.05) is 20.1 Å². The molecule has 2 atom stereocenters. The molecule has 2 aliphatic rings. The van der Waals surface area contributed by atoms with E-state index in [4.69, 9.17) is 9.84 Å². The van der Waals surface area contributed by atoms with Gasteiger partial charge in [0.1, 0.15) is 0 Å². The second-order valence-corrected chi connectivity index (χ2v) is 4.74. The molecule has 1 radical (unpaired) electrons. The summed E-state index contributed by atoms with van der Waals surface area (Å²) in [5, 5.41) is 9.02. The van der Waals surface area contributed by atoms with Crippen molar-refractivity contribution < 1.29 is 14.6 Å². The zero-order valence-corrected chi connectivity index (χ0v) is 10.1. The minimum Gasteiger partial charge on any atom is -0.479 e. The number of nitrogens with zero attached hydrogens (tertiary/aromatic N) is 1. The van der Waals surface area contributed by atoms with Crippen molar-refractivity contribution >= 4 is 5.97 Å². The third kappa shape index (κ3) is 2.96. The van der Waals surface area contributed by atoms with Gasteiger partial charge in [-0.2, -0.15) is 0 Å². The summed E-state index contributed by atoms with van der Waals surface area (Å²) < 4.78 is 5.63. The first-order valence-electron chi connectivity index (χ1n) is 5.84. The van der Waals surface area contributed by atoms with Gasteiger partial charge < -0.3 is 14.7 Å². The smallest absolute Gasteiger partial charge is 0.334 e. The number of hydrogen-bond donors (Lipinski definition) is 1. The molecule has 1 N–H and O–H groups in total. The molecule has 1 saturated heterocycles. The maximum absolute atomic E-state index is 11.0. The van der Waals surface area contributed by atoms with Crippen molar-refractivity contribution in [2.45, 2.75) is 25.0 Å². The van der Waals surface area contributed by atoms with Gasteiger partial charge >= 0.3 is 5.97 Å². The highest BCUT2D eigenvalue weighted by atomic mass is 16.5. The summed E-state index contributed by atoms with van der Waals surface area (Å²) >= 11 is 0. The van der Waals surface area contributed by atoms with Gasteiger partial charge in [-0.15, -0.1) is 0 Å². The highest BCUT2D eigenvalue weighted by Gasteiger charge is 2.32. The molecule has 0 aromatic carbocycles. The normalized spacial score (nSPS) is 30.7. The van der Waals surface area contributed by atoms with Crippen LogP contribution in [0.25, 0.3) is 0 Å². The molecule has 93 valence electrons. The number of carboxylic acids is 1. The number of allylic oxidation sites excluding steroid dienone is 3. The van der Waals surface area contributed by atoms with E-state index in [9.17, 15) is 4.79 Å². The summed E-state index contributed by atoms with van der Waals surface area (Å²) in [6.07, 6.45) is 5.05. The van der Waals surface area contributed by atoms with Crippen LogP contribution in [0, 0.1) is 6.92 Å². The number of hydrogen-bond acceptors (Lipinski definition) is 3. The van der Waals surface area contributed by atoms with E-state index in [0.29, 0.717) is 6.54 Å². The molecule has 2 rings (SSSR count). The van der Waals surface area contributed by atoms with Crippen LogP contribution in [0.3, 0.4) is 0 Å². The molecule has 1 heterocycles. The quantitative estimate of drug-likeness (QED) is 0.784. The van der Waals surface area contributed by atoms with E-state index in [1.54, 1.807) is 0 Å². The number of aliphatic carboxylic acids is 1. The van der Waals surface area contributed by atoms with Crippen molar-refractivity contribution in [3.8, 4) is 0 Å². The van der Waals surface area contributed by atoms with Gasteiger partial charge in [0.25, 0.3) is 0 Å². The molecule has 1 aliphatic carbocycles. The molecule has 4 heteroatoms. The third-order valence-electron chi connectivity index (χ3n) is 3.24. The van der Waals surface area contributed by atoms with Crippen molar-refractivity contribution in [1.82, 2.24) is 4.90 Å². The lowest BCUT2D eigenvalue weighted by Crippen LogP contribution is -2.49. The lowest BCUT2D eigenvalue weighted by atomic mass is 9.94. The molecule has 17 heavy (non-hydrogen) atoms. The van der Waals surface area contributed by atoms with Gasteiger partial charge in [-0.05, 0) is 32.4 Å². The SMILES string of the molecule is [CH2]C1=CC=C(C2CN(C)CC(C(=O)O)O2)CC1. The van der Waals surface area contributed by atoms with Gasteiger partial charge in [0, 0.05) is 13.1 Å². The van der Waals surface area contributed by atoms with Crippen LogP contribution in [0.2, 0.25) is 0 Å². The van der Waals surface area contributed by atoms with E-state index >= 15 is 0 Å². The standard InChI is InChI=1S/C13H18NO3/c1-9-3-5-10(6-4-9)11-7-14(2)8-12(17-11)13(15)16/h3,5,11-12H,1,4,6-8H2,2H3,(H,15,16). The first kappa shape index (κ1) is 12.3. The zero-order valence-electron chi connectivity index (χ0n) is 10.1. The number of likely N-dealkylation sites (N-methyl/N-ethyl adjacent to an activating group) is 1. The Labute approximate surface area is 102 Å². The van der Waals surface area contributed by atoms with E-state index in [-0.39, 0.29) is 6.10 Å². The van der Waals surface area contributed by atoms with Crippen molar-refractivity contribution in [3.05, 3.63) is 30.2 Å². The summed E-state index contributed by atoms with van der Waals surface area (Å²) in [6, 6.07) is 0. The van der Waals surface area contributed by atoms with Crippen LogP contribution >= 0.6 is 0 Å². The molecule has 0 amide bonds. The minimum absolute atomic E-state index is 0.0980. The lowest BCUT2D eigenvalue weighted by Gasteiger charge is -2.36. The van der Waals surface area contributed by atoms with Crippen LogP contribution in [0.1, 0.15) is 12.8 Å². The Balaban J connectivity index is 2.08. The molecule has 1 aliphatic heterocycles. The molecule has 0 bridgehead atoms. The molecule has 1 fully saturated rings. The maximum Gasteiger partial charge on any atom is 0.334 e. The summed E-state index contributed by atoms with van der Waals surface area (Å²) in [5.74, 6) is -0.883. The predicted octanol–water partition coefficient (Wildman–Crippen LogP) is 1.25. The van der Waals surface area contributed by atoms with Crippen LogP contribution in [0.5, 0.6) is 0 Å². The average Bonchev–Trinajstić information content (AvgIpc) is 2.29. The van der Waals surface area contributed by atoms with E-state index < -0.39 is 12.1 Å². The van der Waals surface area contributed by atoms with E-state index in [1.807, 2.05) is 24.1 Å². The van der Waals surface area contributed by atoms with Crippen LogP contribution in [-0.2, 0) is 9.53 Å². The highest BCUT2D eigenvalue weighted by Crippen LogP contribution is 2.25. The number of carboxylic acid groups (broad SMARTS) is 1. The van der Waals surface area contributed by atoms with Gasteiger partial charge in [0.2, 0.25) is 0 Å². The Morgan fingerprint density at radius 2 is 2.24 bits per heavy atom. The topological polar surface area (TPSA) is 49.8 Å². The molecular formula is C13H18NO3. The maximum atomic E-state index is 11.0. The summed E-state index contributed by atoms with van der Waals surface area (Å²) in [7, 11) is 1.93. The fourth-order valence-corrected chi connectivity index (χ4v) is 2.23. The Morgan fingerprint density at radius 1 is 1.47 bits per heavy atom. The first-order valence-corrected chi connectivity index (χ1v) is 5.84. The van der Waals surface area contributed by atoms with E-state index in [2.05, 4.69) is 6.92 Å². The molecule has 0 spiro atoms. The molecule has 4 nitrogen and oxygen atoms in total. The molecule has 0 aromatic rings. The van der Waals surface area contributed by atoms with Gasteiger partial charge in [0.05, 0.1) is 6.10 Å². The summed E-state index contributed by atoms with van der Waals surface area (Å²) in [4.78, 5) is 13.0. The monoisotopic (exact) mass is 236 g/mol. The number of ether oxygens (including phenoxy) is 1. The Hall–Kier alpha value is -1.13. The Kier molecular flexibility index (Phi) is 3.64. The third-order valence-corrected chi connectivity index (χ3v) is 3.24. The van der Waals surface area contributed by atoms with Crippen LogP contribution in [0.15, 0.2) is 23.3 Å². The molecule has 0 aromatic heterocycles. The van der Waals surface area contributed by atoms with Gasteiger partial charge in [-0.25, -0.2) is 4.79 Å². The second kappa shape index (κ2) is 5.02. The summed E-state index contributed by atoms with van der Waals surface area (Å²) in [6.45, 7) is 5.12.